The fraction of sp³-hybridized carbons (Fsp3) is 0.588. The van der Waals surface area contributed by atoms with E-state index in [9.17, 15) is 0 Å². The Labute approximate surface area is 150 Å². The highest BCUT2D eigenvalue weighted by molar-refractivity contribution is 14.0. The molecule has 1 aliphatic carbocycles. The molecule has 1 aromatic rings. The first-order valence-corrected chi connectivity index (χ1v) is 8.02. The van der Waals surface area contributed by atoms with Crippen LogP contribution in [0.4, 0.5) is 0 Å². The summed E-state index contributed by atoms with van der Waals surface area (Å²) in [6, 6.07) is 10.1. The van der Waals surface area contributed by atoms with E-state index in [-0.39, 0.29) is 24.0 Å². The molecule has 2 aliphatic rings. The first-order valence-electron chi connectivity index (χ1n) is 8.02. The van der Waals surface area contributed by atoms with Crippen molar-refractivity contribution in [2.24, 2.45) is 10.9 Å². The molecule has 5 heteroatoms. The first kappa shape index (κ1) is 17.4. The number of guanidine groups is 1. The van der Waals surface area contributed by atoms with Crippen LogP contribution in [0, 0.1) is 5.92 Å². The number of piperidine rings is 1. The molecule has 0 unspecified atom stereocenters. The third-order valence-electron chi connectivity index (χ3n) is 4.25. The molecule has 1 aliphatic heterocycles. The summed E-state index contributed by atoms with van der Waals surface area (Å²) in [5, 5.41) is 3.50. The number of halogens is 1. The Morgan fingerprint density at radius 2 is 1.86 bits per heavy atom. The van der Waals surface area contributed by atoms with Gasteiger partial charge in [-0.1, -0.05) is 18.2 Å². The molecule has 0 bridgehead atoms. The number of benzene rings is 1. The van der Waals surface area contributed by atoms with E-state index in [1.54, 1.807) is 0 Å². The van der Waals surface area contributed by atoms with Crippen LogP contribution in [-0.4, -0.2) is 43.6 Å². The summed E-state index contributed by atoms with van der Waals surface area (Å²) in [6.45, 7) is 3.11. The van der Waals surface area contributed by atoms with Gasteiger partial charge in [0.25, 0.3) is 0 Å². The van der Waals surface area contributed by atoms with Crippen molar-refractivity contribution in [3.63, 3.8) is 0 Å². The van der Waals surface area contributed by atoms with E-state index >= 15 is 0 Å². The van der Waals surface area contributed by atoms with Gasteiger partial charge < -0.3 is 15.0 Å². The quantitative estimate of drug-likeness (QED) is 0.467. The predicted octanol–water partition coefficient (Wildman–Crippen LogP) is 3.13. The average Bonchev–Trinajstić information content (AvgIpc) is 3.35. The van der Waals surface area contributed by atoms with E-state index in [1.165, 1.54) is 12.8 Å². The Morgan fingerprint density at radius 3 is 2.45 bits per heavy atom. The molecule has 0 atom stereocenters. The summed E-state index contributed by atoms with van der Waals surface area (Å²) < 4.78 is 6.04. The maximum atomic E-state index is 6.04. The molecule has 1 saturated heterocycles. The molecular formula is C17H26IN3O. The summed E-state index contributed by atoms with van der Waals surface area (Å²) in [5.74, 6) is 2.91. The van der Waals surface area contributed by atoms with E-state index in [0.717, 1.165) is 50.1 Å². The van der Waals surface area contributed by atoms with Crippen molar-refractivity contribution in [2.75, 3.05) is 26.7 Å². The second-order valence-corrected chi connectivity index (χ2v) is 5.99. The monoisotopic (exact) mass is 415 g/mol. The molecule has 1 aromatic carbocycles. The zero-order valence-corrected chi connectivity index (χ0v) is 15.5. The van der Waals surface area contributed by atoms with Crippen LogP contribution in [0.2, 0.25) is 0 Å². The normalized spacial score (nSPS) is 19.5. The minimum absolute atomic E-state index is 0. The maximum absolute atomic E-state index is 6.04. The van der Waals surface area contributed by atoms with Crippen LogP contribution in [-0.2, 0) is 0 Å². The van der Waals surface area contributed by atoms with Gasteiger partial charge in [-0.3, -0.25) is 4.99 Å². The Kier molecular flexibility index (Phi) is 6.79. The summed E-state index contributed by atoms with van der Waals surface area (Å²) in [5.41, 5.74) is 0. The molecule has 2 fully saturated rings. The van der Waals surface area contributed by atoms with Crippen molar-refractivity contribution in [2.45, 2.75) is 31.8 Å². The Bertz CT molecular complexity index is 468. The van der Waals surface area contributed by atoms with Gasteiger partial charge >= 0.3 is 0 Å². The van der Waals surface area contributed by atoms with E-state index < -0.39 is 0 Å². The van der Waals surface area contributed by atoms with Crippen LogP contribution in [0.3, 0.4) is 0 Å². The molecule has 1 heterocycles. The van der Waals surface area contributed by atoms with Crippen LogP contribution >= 0.6 is 24.0 Å². The van der Waals surface area contributed by atoms with Crippen LogP contribution in [0.5, 0.6) is 5.75 Å². The molecule has 4 nitrogen and oxygen atoms in total. The number of nitrogens with zero attached hydrogens (tertiary/aromatic N) is 2. The lowest BCUT2D eigenvalue weighted by Crippen LogP contribution is -2.47. The number of hydrogen-bond donors (Lipinski definition) is 1. The molecule has 1 saturated carbocycles. The van der Waals surface area contributed by atoms with Crippen molar-refractivity contribution >= 4 is 29.9 Å². The number of ether oxygens (including phenoxy) is 1. The number of likely N-dealkylation sites (tertiary alicyclic amines) is 1. The van der Waals surface area contributed by atoms with Gasteiger partial charge in [0.05, 0.1) is 0 Å². The lowest BCUT2D eigenvalue weighted by molar-refractivity contribution is 0.129. The maximum Gasteiger partial charge on any atom is 0.193 e. The number of hydrogen-bond acceptors (Lipinski definition) is 2. The molecule has 22 heavy (non-hydrogen) atoms. The minimum Gasteiger partial charge on any atom is -0.490 e. The van der Waals surface area contributed by atoms with E-state index in [2.05, 4.69) is 15.2 Å². The highest BCUT2D eigenvalue weighted by Crippen LogP contribution is 2.27. The lowest BCUT2D eigenvalue weighted by atomic mass is 10.1. The Morgan fingerprint density at radius 1 is 1.18 bits per heavy atom. The number of aliphatic imine (C=N–C) groups is 1. The molecule has 0 radical (unpaired) electrons. The summed E-state index contributed by atoms with van der Waals surface area (Å²) in [4.78, 5) is 6.77. The van der Waals surface area contributed by atoms with Crippen molar-refractivity contribution in [3.8, 4) is 5.75 Å². The molecular weight excluding hydrogens is 389 g/mol. The summed E-state index contributed by atoms with van der Waals surface area (Å²) >= 11 is 0. The second kappa shape index (κ2) is 8.60. The van der Waals surface area contributed by atoms with Crippen molar-refractivity contribution in [1.29, 1.82) is 0 Å². The zero-order valence-electron chi connectivity index (χ0n) is 13.2. The van der Waals surface area contributed by atoms with E-state index in [1.807, 2.05) is 37.4 Å². The highest BCUT2D eigenvalue weighted by atomic mass is 127. The third kappa shape index (κ3) is 5.04. The SMILES string of the molecule is CN=C(NCC1CC1)N1CCC(Oc2ccccc2)CC1.I. The number of nitrogens with one attached hydrogen (secondary N) is 1. The van der Waals surface area contributed by atoms with Gasteiger partial charge in [0, 0.05) is 39.5 Å². The first-order chi connectivity index (χ1) is 10.3. The van der Waals surface area contributed by atoms with Crippen LogP contribution in [0.25, 0.3) is 0 Å². The third-order valence-corrected chi connectivity index (χ3v) is 4.25. The molecule has 0 aromatic heterocycles. The molecule has 0 spiro atoms. The van der Waals surface area contributed by atoms with Crippen LogP contribution in [0.15, 0.2) is 35.3 Å². The van der Waals surface area contributed by atoms with Crippen molar-refractivity contribution in [3.05, 3.63) is 30.3 Å². The second-order valence-electron chi connectivity index (χ2n) is 5.99. The standard InChI is InChI=1S/C17H25N3O.HI/c1-18-17(19-13-14-7-8-14)20-11-9-16(10-12-20)21-15-5-3-2-4-6-15;/h2-6,14,16H,7-13H2,1H3,(H,18,19);1H. The van der Waals surface area contributed by atoms with E-state index in [0.29, 0.717) is 6.10 Å². The number of para-hydroxylation sites is 1. The van der Waals surface area contributed by atoms with Crippen molar-refractivity contribution in [1.82, 2.24) is 10.2 Å². The lowest BCUT2D eigenvalue weighted by Gasteiger charge is -2.34. The van der Waals surface area contributed by atoms with Gasteiger partial charge in [-0.15, -0.1) is 24.0 Å². The Balaban J connectivity index is 0.00000176. The van der Waals surface area contributed by atoms with Gasteiger partial charge in [-0.2, -0.15) is 0 Å². The average molecular weight is 415 g/mol. The smallest absolute Gasteiger partial charge is 0.193 e. The zero-order chi connectivity index (χ0) is 14.5. The summed E-state index contributed by atoms with van der Waals surface area (Å²) in [6.07, 6.45) is 5.18. The van der Waals surface area contributed by atoms with Gasteiger partial charge in [-0.05, 0) is 30.9 Å². The van der Waals surface area contributed by atoms with Gasteiger partial charge in [-0.25, -0.2) is 0 Å². The van der Waals surface area contributed by atoms with E-state index in [4.69, 9.17) is 4.74 Å². The van der Waals surface area contributed by atoms with Crippen LogP contribution < -0.4 is 10.1 Å². The highest BCUT2D eigenvalue weighted by Gasteiger charge is 2.25. The number of rotatable bonds is 4. The molecule has 1 N–H and O–H groups in total. The fourth-order valence-corrected chi connectivity index (χ4v) is 2.77. The minimum atomic E-state index is 0. The fourth-order valence-electron chi connectivity index (χ4n) is 2.77. The largest absolute Gasteiger partial charge is 0.490 e. The van der Waals surface area contributed by atoms with Gasteiger partial charge in [0.1, 0.15) is 11.9 Å². The summed E-state index contributed by atoms with van der Waals surface area (Å²) in [7, 11) is 1.88. The van der Waals surface area contributed by atoms with Crippen molar-refractivity contribution < 1.29 is 4.74 Å². The van der Waals surface area contributed by atoms with Gasteiger partial charge in [0.2, 0.25) is 0 Å². The Hall–Kier alpha value is -0.980. The topological polar surface area (TPSA) is 36.9 Å². The van der Waals surface area contributed by atoms with Gasteiger partial charge in [0.15, 0.2) is 5.96 Å². The predicted molar refractivity (Wildman–Crippen MR) is 101 cm³/mol. The molecule has 3 rings (SSSR count). The van der Waals surface area contributed by atoms with Crippen LogP contribution in [0.1, 0.15) is 25.7 Å². The molecule has 0 amide bonds. The molecule has 122 valence electrons.